The number of benzene rings is 2. The van der Waals surface area contributed by atoms with Crippen molar-refractivity contribution in [2.24, 2.45) is 0 Å². The quantitative estimate of drug-likeness (QED) is 0.589. The Morgan fingerprint density at radius 2 is 1.79 bits per heavy atom. The van der Waals surface area contributed by atoms with Gasteiger partial charge < -0.3 is 15.4 Å². The second-order valence-corrected chi connectivity index (χ2v) is 7.62. The van der Waals surface area contributed by atoms with Crippen LogP contribution in [0.4, 0.5) is 18.9 Å². The van der Waals surface area contributed by atoms with E-state index in [0.29, 0.717) is 37.4 Å². The number of nitrogens with one attached hydrogen (secondary N) is 2. The predicted octanol–water partition coefficient (Wildman–Crippen LogP) is 3.70. The molecule has 1 aliphatic heterocycles. The number of morpholine rings is 1. The van der Waals surface area contributed by atoms with Crippen LogP contribution in [0.2, 0.25) is 0 Å². The number of halogens is 3. The maximum atomic E-state index is 12.6. The molecule has 0 radical (unpaired) electrons. The third kappa shape index (κ3) is 8.36. The molecule has 2 aromatic rings. The summed E-state index contributed by atoms with van der Waals surface area (Å²) in [5.41, 5.74) is 1.20. The molecule has 176 valence electrons. The highest BCUT2D eigenvalue weighted by Gasteiger charge is 2.29. The third-order valence-electron chi connectivity index (χ3n) is 5.10. The van der Waals surface area contributed by atoms with Gasteiger partial charge in [-0.25, -0.2) is 0 Å². The lowest BCUT2D eigenvalue weighted by Gasteiger charge is -2.26. The Labute approximate surface area is 190 Å². The fourth-order valence-electron chi connectivity index (χ4n) is 3.27. The van der Waals surface area contributed by atoms with Crippen LogP contribution in [-0.4, -0.2) is 49.6 Å². The standard InChI is InChI=1S/C24H26F3N3O3/c25-24(26,27)20-7-4-18(5-8-20)6-9-22(31)28-17-19-2-1-3-21(16-19)29-23(32)10-11-30-12-14-33-15-13-30/h1-9,16H,10-15,17H2,(H,28,31)(H,29,32). The number of rotatable bonds is 8. The van der Waals surface area contributed by atoms with Crippen molar-refractivity contribution in [1.29, 1.82) is 0 Å². The van der Waals surface area contributed by atoms with Crippen molar-refractivity contribution in [3.63, 3.8) is 0 Å². The molecule has 0 atom stereocenters. The van der Waals surface area contributed by atoms with Gasteiger partial charge in [0.1, 0.15) is 0 Å². The molecule has 0 spiro atoms. The Morgan fingerprint density at radius 3 is 2.48 bits per heavy atom. The number of carbonyl (C=O) groups excluding carboxylic acids is 2. The van der Waals surface area contributed by atoms with E-state index in [1.807, 2.05) is 6.07 Å². The molecule has 2 aromatic carbocycles. The first-order chi connectivity index (χ1) is 15.8. The Hall–Kier alpha value is -3.17. The lowest BCUT2D eigenvalue weighted by atomic mass is 10.1. The first-order valence-electron chi connectivity index (χ1n) is 10.6. The van der Waals surface area contributed by atoms with E-state index >= 15 is 0 Å². The number of nitrogens with zero attached hydrogens (tertiary/aromatic N) is 1. The maximum Gasteiger partial charge on any atom is 0.416 e. The summed E-state index contributed by atoms with van der Waals surface area (Å²) in [5.74, 6) is -0.461. The summed E-state index contributed by atoms with van der Waals surface area (Å²) in [5, 5.41) is 5.58. The summed E-state index contributed by atoms with van der Waals surface area (Å²) in [7, 11) is 0. The molecular formula is C24H26F3N3O3. The largest absolute Gasteiger partial charge is 0.416 e. The molecule has 0 bridgehead atoms. The fraction of sp³-hybridized carbons (Fsp3) is 0.333. The lowest BCUT2D eigenvalue weighted by molar-refractivity contribution is -0.137. The third-order valence-corrected chi connectivity index (χ3v) is 5.10. The van der Waals surface area contributed by atoms with E-state index in [9.17, 15) is 22.8 Å². The zero-order chi connectivity index (χ0) is 23.7. The molecule has 0 unspecified atom stereocenters. The van der Waals surface area contributed by atoms with Crippen molar-refractivity contribution in [3.05, 3.63) is 71.3 Å². The Kier molecular flexibility index (Phi) is 8.62. The van der Waals surface area contributed by atoms with Crippen molar-refractivity contribution in [1.82, 2.24) is 10.2 Å². The summed E-state index contributed by atoms with van der Waals surface area (Å²) in [4.78, 5) is 26.5. The Balaban J connectivity index is 1.44. The van der Waals surface area contributed by atoms with Crippen LogP contribution in [0.5, 0.6) is 0 Å². The van der Waals surface area contributed by atoms with Gasteiger partial charge in [0, 0.05) is 44.4 Å². The lowest BCUT2D eigenvalue weighted by Crippen LogP contribution is -2.38. The minimum absolute atomic E-state index is 0.0813. The van der Waals surface area contributed by atoms with Crippen LogP contribution in [0, 0.1) is 0 Å². The highest BCUT2D eigenvalue weighted by atomic mass is 19.4. The van der Waals surface area contributed by atoms with Gasteiger partial charge in [-0.3, -0.25) is 14.5 Å². The maximum absolute atomic E-state index is 12.6. The van der Waals surface area contributed by atoms with Gasteiger partial charge in [0.15, 0.2) is 0 Å². The minimum atomic E-state index is -4.39. The van der Waals surface area contributed by atoms with Crippen LogP contribution in [0.15, 0.2) is 54.6 Å². The SMILES string of the molecule is O=C(C=Cc1ccc(C(F)(F)F)cc1)NCc1cccc(NC(=O)CCN2CCOCC2)c1. The van der Waals surface area contributed by atoms with Crippen molar-refractivity contribution in [3.8, 4) is 0 Å². The summed E-state index contributed by atoms with van der Waals surface area (Å²) >= 11 is 0. The summed E-state index contributed by atoms with van der Waals surface area (Å²) in [6, 6.07) is 11.7. The van der Waals surface area contributed by atoms with Gasteiger partial charge >= 0.3 is 6.18 Å². The van der Waals surface area contributed by atoms with Crippen molar-refractivity contribution in [2.75, 3.05) is 38.2 Å². The number of amides is 2. The zero-order valence-corrected chi connectivity index (χ0v) is 18.0. The topological polar surface area (TPSA) is 70.7 Å². The number of carbonyl (C=O) groups is 2. The van der Waals surface area contributed by atoms with Gasteiger partial charge in [0.05, 0.1) is 18.8 Å². The van der Waals surface area contributed by atoms with Gasteiger partial charge in [0.2, 0.25) is 11.8 Å². The van der Waals surface area contributed by atoms with Crippen molar-refractivity contribution >= 4 is 23.6 Å². The first kappa shape index (κ1) is 24.5. The first-order valence-corrected chi connectivity index (χ1v) is 10.6. The summed E-state index contributed by atoms with van der Waals surface area (Å²) < 4.78 is 43.1. The normalized spacial score (nSPS) is 14.9. The molecule has 1 fully saturated rings. The second-order valence-electron chi connectivity index (χ2n) is 7.62. The molecule has 33 heavy (non-hydrogen) atoms. The number of ether oxygens (including phenoxy) is 1. The van der Waals surface area contributed by atoms with Gasteiger partial charge in [-0.2, -0.15) is 13.2 Å². The minimum Gasteiger partial charge on any atom is -0.379 e. The molecule has 0 saturated carbocycles. The van der Waals surface area contributed by atoms with Gasteiger partial charge in [-0.1, -0.05) is 24.3 Å². The van der Waals surface area contributed by atoms with E-state index in [1.54, 1.807) is 18.2 Å². The number of hydrogen-bond acceptors (Lipinski definition) is 4. The van der Waals surface area contributed by atoms with Crippen molar-refractivity contribution < 1.29 is 27.5 Å². The van der Waals surface area contributed by atoms with Crippen LogP contribution < -0.4 is 10.6 Å². The number of hydrogen-bond donors (Lipinski definition) is 2. The van der Waals surface area contributed by atoms with Crippen LogP contribution >= 0.6 is 0 Å². The Bertz CT molecular complexity index is 969. The molecule has 2 N–H and O–H groups in total. The molecule has 6 nitrogen and oxygen atoms in total. The average Bonchev–Trinajstić information content (AvgIpc) is 2.81. The fourth-order valence-corrected chi connectivity index (χ4v) is 3.27. The second kappa shape index (κ2) is 11.6. The molecule has 1 heterocycles. The molecular weight excluding hydrogens is 435 g/mol. The molecule has 0 aliphatic carbocycles. The van der Waals surface area contributed by atoms with Crippen LogP contribution in [0.25, 0.3) is 6.08 Å². The highest BCUT2D eigenvalue weighted by Crippen LogP contribution is 2.29. The molecule has 9 heteroatoms. The van der Waals surface area contributed by atoms with Crippen molar-refractivity contribution in [2.45, 2.75) is 19.1 Å². The highest BCUT2D eigenvalue weighted by molar-refractivity contribution is 5.92. The number of alkyl halides is 3. The Morgan fingerprint density at radius 1 is 1.06 bits per heavy atom. The molecule has 2 amide bonds. The monoisotopic (exact) mass is 461 g/mol. The zero-order valence-electron chi connectivity index (χ0n) is 18.0. The van der Waals surface area contributed by atoms with Crippen LogP contribution in [-0.2, 0) is 27.0 Å². The number of anilines is 1. The summed E-state index contributed by atoms with van der Waals surface area (Å²) in [6.07, 6.45) is -1.30. The predicted molar refractivity (Wildman–Crippen MR) is 119 cm³/mol. The van der Waals surface area contributed by atoms with E-state index in [2.05, 4.69) is 15.5 Å². The molecule has 3 rings (SSSR count). The van der Waals surface area contributed by atoms with E-state index in [0.717, 1.165) is 30.8 Å². The van der Waals surface area contributed by atoms with Gasteiger partial charge in [-0.05, 0) is 41.5 Å². The smallest absolute Gasteiger partial charge is 0.379 e. The average molecular weight is 461 g/mol. The van der Waals surface area contributed by atoms with Crippen LogP contribution in [0.1, 0.15) is 23.1 Å². The van der Waals surface area contributed by atoms with Gasteiger partial charge in [0.25, 0.3) is 0 Å². The van der Waals surface area contributed by atoms with E-state index in [1.165, 1.54) is 24.3 Å². The van der Waals surface area contributed by atoms with Gasteiger partial charge in [-0.15, -0.1) is 0 Å². The summed E-state index contributed by atoms with van der Waals surface area (Å²) in [6.45, 7) is 3.96. The van der Waals surface area contributed by atoms with Crippen LogP contribution in [0.3, 0.4) is 0 Å². The van der Waals surface area contributed by atoms with E-state index in [-0.39, 0.29) is 18.4 Å². The van der Waals surface area contributed by atoms with E-state index in [4.69, 9.17) is 4.74 Å². The molecule has 1 saturated heterocycles. The molecule has 0 aromatic heterocycles. The molecule has 1 aliphatic rings. The van der Waals surface area contributed by atoms with E-state index < -0.39 is 11.7 Å².